The number of carboxylic acids is 1. The largest absolute Gasteiger partial charge is 0.480 e. The standard InChI is InChI=1S/C29H26BrClN2O5/c30-26-21(10-5-12-23(26)20-8-2-1-3-9-20)18-37-28-24(13-6-14-32-28)27(31)38-22-11-4-7-19(15-22)16-33-25(17-34)29(35)36/h1-15,25,27,33-34H,16-18H2,(H,35,36)/t25?,27-/m1/s1. The number of aliphatic hydroxyl groups excluding tert-OH is 1. The first-order chi connectivity index (χ1) is 18.5. The summed E-state index contributed by atoms with van der Waals surface area (Å²) in [5.74, 6) is -0.272. The zero-order valence-corrected chi connectivity index (χ0v) is 22.6. The van der Waals surface area contributed by atoms with Crippen molar-refractivity contribution in [3.8, 4) is 22.8 Å². The molecule has 7 nitrogen and oxygen atoms in total. The Balaban J connectivity index is 1.44. The third kappa shape index (κ3) is 7.11. The molecule has 1 aromatic heterocycles. The van der Waals surface area contributed by atoms with E-state index in [1.54, 1.807) is 36.5 Å². The van der Waals surface area contributed by atoms with Gasteiger partial charge in [-0.1, -0.05) is 72.3 Å². The van der Waals surface area contributed by atoms with Crippen LogP contribution in [0.15, 0.2) is 95.6 Å². The van der Waals surface area contributed by atoms with Gasteiger partial charge in [-0.3, -0.25) is 10.1 Å². The predicted molar refractivity (Wildman–Crippen MR) is 149 cm³/mol. The average molecular weight is 598 g/mol. The fourth-order valence-electron chi connectivity index (χ4n) is 3.76. The van der Waals surface area contributed by atoms with Crippen LogP contribution in [0.25, 0.3) is 11.1 Å². The molecule has 38 heavy (non-hydrogen) atoms. The van der Waals surface area contributed by atoms with Crippen molar-refractivity contribution in [3.63, 3.8) is 0 Å². The summed E-state index contributed by atoms with van der Waals surface area (Å²) < 4.78 is 13.0. The van der Waals surface area contributed by atoms with Crippen LogP contribution >= 0.6 is 27.5 Å². The van der Waals surface area contributed by atoms with Gasteiger partial charge in [-0.05, 0) is 56.9 Å². The minimum atomic E-state index is -1.12. The van der Waals surface area contributed by atoms with Crippen LogP contribution in [0.2, 0.25) is 0 Å². The van der Waals surface area contributed by atoms with Crippen LogP contribution in [0.3, 0.4) is 0 Å². The number of aliphatic carboxylic acids is 1. The molecule has 0 aliphatic carbocycles. The van der Waals surface area contributed by atoms with E-state index in [1.165, 1.54) is 0 Å². The molecule has 9 heteroatoms. The molecule has 4 rings (SSSR count). The van der Waals surface area contributed by atoms with E-state index < -0.39 is 24.2 Å². The Morgan fingerprint density at radius 2 is 1.82 bits per heavy atom. The lowest BCUT2D eigenvalue weighted by Crippen LogP contribution is -2.39. The smallest absolute Gasteiger partial charge is 0.323 e. The zero-order valence-electron chi connectivity index (χ0n) is 20.3. The second kappa shape index (κ2) is 13.4. The third-order valence-corrected chi connectivity index (χ3v) is 7.00. The fraction of sp³-hybridized carbons (Fsp3) is 0.172. The van der Waals surface area contributed by atoms with E-state index in [2.05, 4.69) is 38.4 Å². The summed E-state index contributed by atoms with van der Waals surface area (Å²) in [7, 11) is 0. The Labute approximate surface area is 234 Å². The number of rotatable bonds is 12. The van der Waals surface area contributed by atoms with Crippen LogP contribution < -0.4 is 14.8 Å². The minimum absolute atomic E-state index is 0.236. The fourth-order valence-corrected chi connectivity index (χ4v) is 4.63. The van der Waals surface area contributed by atoms with Gasteiger partial charge in [0, 0.05) is 22.8 Å². The lowest BCUT2D eigenvalue weighted by atomic mass is 10.0. The number of pyridine rings is 1. The highest BCUT2D eigenvalue weighted by atomic mass is 79.9. The molecule has 0 spiro atoms. The highest BCUT2D eigenvalue weighted by molar-refractivity contribution is 9.10. The molecule has 0 saturated carbocycles. The normalized spacial score (nSPS) is 12.5. The molecule has 1 heterocycles. The minimum Gasteiger partial charge on any atom is -0.480 e. The van der Waals surface area contributed by atoms with E-state index in [1.807, 2.05) is 42.5 Å². The number of halogens is 2. The van der Waals surface area contributed by atoms with E-state index in [0.29, 0.717) is 17.2 Å². The molecular weight excluding hydrogens is 572 g/mol. The first-order valence-electron chi connectivity index (χ1n) is 11.8. The lowest BCUT2D eigenvalue weighted by molar-refractivity contribution is -0.140. The maximum absolute atomic E-state index is 11.1. The van der Waals surface area contributed by atoms with E-state index in [0.717, 1.165) is 26.7 Å². The van der Waals surface area contributed by atoms with E-state index in [4.69, 9.17) is 26.2 Å². The van der Waals surface area contributed by atoms with Gasteiger partial charge in [0.05, 0.1) is 12.2 Å². The van der Waals surface area contributed by atoms with Crippen LogP contribution in [-0.4, -0.2) is 33.8 Å². The molecule has 0 bridgehead atoms. The van der Waals surface area contributed by atoms with Crippen LogP contribution in [0, 0.1) is 0 Å². The van der Waals surface area contributed by atoms with E-state index >= 15 is 0 Å². The summed E-state index contributed by atoms with van der Waals surface area (Å²) in [6, 6.07) is 25.7. The Morgan fingerprint density at radius 3 is 2.58 bits per heavy atom. The van der Waals surface area contributed by atoms with Crippen molar-refractivity contribution in [1.82, 2.24) is 10.3 Å². The van der Waals surface area contributed by atoms with Crippen molar-refractivity contribution < 1.29 is 24.5 Å². The van der Waals surface area contributed by atoms with Crippen molar-refractivity contribution in [2.75, 3.05) is 6.61 Å². The van der Waals surface area contributed by atoms with Crippen molar-refractivity contribution in [3.05, 3.63) is 112 Å². The average Bonchev–Trinajstić information content (AvgIpc) is 2.93. The summed E-state index contributed by atoms with van der Waals surface area (Å²) in [5, 5.41) is 21.1. The van der Waals surface area contributed by atoms with Crippen molar-refractivity contribution in [2.45, 2.75) is 24.8 Å². The Hall–Kier alpha value is -3.43. The number of benzene rings is 3. The molecular formula is C29H26BrClN2O5. The molecule has 0 aliphatic rings. The predicted octanol–water partition coefficient (Wildman–Crippen LogP) is 5.94. The second-order valence-electron chi connectivity index (χ2n) is 8.37. The number of hydrogen-bond donors (Lipinski definition) is 3. The molecule has 1 unspecified atom stereocenters. The van der Waals surface area contributed by atoms with Gasteiger partial charge in [0.2, 0.25) is 11.4 Å². The monoisotopic (exact) mass is 596 g/mol. The lowest BCUT2D eigenvalue weighted by Gasteiger charge is -2.18. The van der Waals surface area contributed by atoms with Gasteiger partial charge < -0.3 is 19.7 Å². The summed E-state index contributed by atoms with van der Waals surface area (Å²) in [5.41, 5.74) is 3.58. The third-order valence-electron chi connectivity index (χ3n) is 5.74. The summed E-state index contributed by atoms with van der Waals surface area (Å²) in [6.07, 6.45) is 1.63. The number of nitrogens with one attached hydrogen (secondary N) is 1. The molecule has 2 atom stereocenters. The van der Waals surface area contributed by atoms with Gasteiger partial charge in [-0.25, -0.2) is 4.98 Å². The van der Waals surface area contributed by atoms with Gasteiger partial charge in [0.15, 0.2) is 0 Å². The maximum atomic E-state index is 11.1. The van der Waals surface area contributed by atoms with Gasteiger partial charge in [-0.2, -0.15) is 0 Å². The molecule has 4 aromatic rings. The van der Waals surface area contributed by atoms with Gasteiger partial charge in [-0.15, -0.1) is 0 Å². The molecule has 196 valence electrons. The van der Waals surface area contributed by atoms with Gasteiger partial charge in [0.1, 0.15) is 18.4 Å². The van der Waals surface area contributed by atoms with Crippen LogP contribution in [-0.2, 0) is 17.9 Å². The zero-order chi connectivity index (χ0) is 26.9. The number of aliphatic hydroxyl groups is 1. The summed E-state index contributed by atoms with van der Waals surface area (Å²) in [6.45, 7) is -0.00231. The SMILES string of the molecule is O=C(O)C(CO)NCc1cccc(O[C@@H](Cl)c2cccnc2OCc2cccc(-c3ccccc3)c2Br)c1. The van der Waals surface area contributed by atoms with Crippen LogP contribution in [0.5, 0.6) is 11.6 Å². The number of carboxylic acid groups (broad SMARTS) is 1. The van der Waals surface area contributed by atoms with E-state index in [-0.39, 0.29) is 13.2 Å². The van der Waals surface area contributed by atoms with Gasteiger partial charge in [0.25, 0.3) is 0 Å². The van der Waals surface area contributed by atoms with E-state index in [9.17, 15) is 9.90 Å². The van der Waals surface area contributed by atoms with Gasteiger partial charge >= 0.3 is 5.97 Å². The Bertz CT molecular complexity index is 1370. The summed E-state index contributed by atoms with van der Waals surface area (Å²) >= 11 is 10.4. The molecule has 3 aromatic carbocycles. The highest BCUT2D eigenvalue weighted by Crippen LogP contribution is 2.34. The molecule has 3 N–H and O–H groups in total. The van der Waals surface area contributed by atoms with Crippen LogP contribution in [0.4, 0.5) is 0 Å². The van der Waals surface area contributed by atoms with Crippen LogP contribution in [0.1, 0.15) is 22.3 Å². The number of aromatic nitrogens is 1. The number of ether oxygens (including phenoxy) is 2. The number of hydrogen-bond acceptors (Lipinski definition) is 6. The Morgan fingerprint density at radius 1 is 1.03 bits per heavy atom. The molecule has 0 amide bonds. The molecule has 0 fully saturated rings. The van der Waals surface area contributed by atoms with Crippen molar-refractivity contribution in [1.29, 1.82) is 0 Å². The number of nitrogens with zero attached hydrogens (tertiary/aromatic N) is 1. The quantitative estimate of drug-likeness (QED) is 0.174. The van der Waals surface area contributed by atoms with Crippen molar-refractivity contribution >= 4 is 33.5 Å². The first kappa shape index (κ1) is 27.6. The molecule has 0 saturated heterocycles. The van der Waals surface area contributed by atoms with Crippen molar-refractivity contribution in [2.24, 2.45) is 0 Å². The Kier molecular flexibility index (Phi) is 9.73. The number of carbonyl (C=O) groups is 1. The maximum Gasteiger partial charge on any atom is 0.323 e. The summed E-state index contributed by atoms with van der Waals surface area (Å²) in [4.78, 5) is 15.5. The topological polar surface area (TPSA) is 101 Å². The molecule has 0 aliphatic heterocycles. The first-order valence-corrected chi connectivity index (χ1v) is 13.1. The number of alkyl halides is 1. The molecule has 0 radical (unpaired) electrons. The second-order valence-corrected chi connectivity index (χ2v) is 9.56. The highest BCUT2D eigenvalue weighted by Gasteiger charge is 2.19.